The lowest BCUT2D eigenvalue weighted by atomic mass is 10.2. The number of H-pyrrole nitrogens is 1. The van der Waals surface area contributed by atoms with Crippen molar-refractivity contribution < 1.29 is 14.3 Å². The number of aryl methyl sites for hydroxylation is 1. The molecule has 7 heteroatoms. The van der Waals surface area contributed by atoms with E-state index in [1.165, 1.54) is 6.20 Å². The molecule has 0 atom stereocenters. The maximum atomic E-state index is 12.1. The Kier molecular flexibility index (Phi) is 2.94. The van der Waals surface area contributed by atoms with Crippen LogP contribution in [0, 0.1) is 6.92 Å². The zero-order chi connectivity index (χ0) is 14.1. The number of benzene rings is 1. The number of anilines is 2. The van der Waals surface area contributed by atoms with Crippen molar-refractivity contribution in [3.8, 4) is 11.5 Å². The molecule has 2 heterocycles. The Morgan fingerprint density at radius 1 is 1.35 bits per heavy atom. The van der Waals surface area contributed by atoms with E-state index < -0.39 is 0 Å². The van der Waals surface area contributed by atoms with Gasteiger partial charge in [0.2, 0.25) is 0 Å². The molecule has 2 aromatic rings. The summed E-state index contributed by atoms with van der Waals surface area (Å²) in [5.41, 5.74) is 7.98. The van der Waals surface area contributed by atoms with E-state index in [0.717, 1.165) is 0 Å². The van der Waals surface area contributed by atoms with Crippen molar-refractivity contribution in [2.24, 2.45) is 0 Å². The summed E-state index contributed by atoms with van der Waals surface area (Å²) < 4.78 is 10.9. The third-order valence-electron chi connectivity index (χ3n) is 3.04. The smallest absolute Gasteiger partial charge is 0.259 e. The highest BCUT2D eigenvalue weighted by Crippen LogP contribution is 2.37. The van der Waals surface area contributed by atoms with E-state index in [9.17, 15) is 4.79 Å². The molecule has 3 rings (SSSR count). The molecule has 0 unspecified atom stereocenters. The molecule has 104 valence electrons. The SMILES string of the molecule is Cc1[nH]ncc1C(=O)Nc1cc2c(cc1N)OCCO2. The Hall–Kier alpha value is -2.70. The summed E-state index contributed by atoms with van der Waals surface area (Å²) in [5.74, 6) is 0.885. The van der Waals surface area contributed by atoms with Crippen LogP contribution >= 0.6 is 0 Å². The molecule has 0 aliphatic carbocycles. The number of hydrogen-bond acceptors (Lipinski definition) is 5. The van der Waals surface area contributed by atoms with Gasteiger partial charge < -0.3 is 20.5 Å². The van der Waals surface area contributed by atoms with Crippen LogP contribution in [0.3, 0.4) is 0 Å². The van der Waals surface area contributed by atoms with Crippen LogP contribution in [-0.2, 0) is 0 Å². The van der Waals surface area contributed by atoms with Crippen molar-refractivity contribution in [3.05, 3.63) is 29.6 Å². The second kappa shape index (κ2) is 4.76. The average molecular weight is 274 g/mol. The third-order valence-corrected chi connectivity index (χ3v) is 3.04. The van der Waals surface area contributed by atoms with Gasteiger partial charge in [0, 0.05) is 17.8 Å². The van der Waals surface area contributed by atoms with Crippen LogP contribution in [0.2, 0.25) is 0 Å². The summed E-state index contributed by atoms with van der Waals surface area (Å²) in [5, 5.41) is 9.27. The van der Waals surface area contributed by atoms with Gasteiger partial charge in [-0.05, 0) is 6.92 Å². The van der Waals surface area contributed by atoms with Crippen molar-refractivity contribution in [1.82, 2.24) is 10.2 Å². The Balaban J connectivity index is 1.87. The number of aromatic nitrogens is 2. The van der Waals surface area contributed by atoms with E-state index in [1.807, 2.05) is 0 Å². The number of ether oxygens (including phenoxy) is 2. The summed E-state index contributed by atoms with van der Waals surface area (Å²) in [6.07, 6.45) is 1.47. The molecule has 1 aromatic carbocycles. The van der Waals surface area contributed by atoms with Gasteiger partial charge in [0.15, 0.2) is 11.5 Å². The first kappa shape index (κ1) is 12.3. The summed E-state index contributed by atoms with van der Waals surface area (Å²) in [4.78, 5) is 12.1. The molecule has 1 aliphatic heterocycles. The molecular weight excluding hydrogens is 260 g/mol. The van der Waals surface area contributed by atoms with E-state index in [2.05, 4.69) is 15.5 Å². The zero-order valence-corrected chi connectivity index (χ0v) is 10.9. The van der Waals surface area contributed by atoms with Gasteiger partial charge in [-0.3, -0.25) is 9.89 Å². The van der Waals surface area contributed by atoms with E-state index >= 15 is 0 Å². The highest BCUT2D eigenvalue weighted by Gasteiger charge is 2.17. The number of fused-ring (bicyclic) bond motifs is 1. The van der Waals surface area contributed by atoms with E-state index in [1.54, 1.807) is 19.1 Å². The molecule has 0 bridgehead atoms. The third kappa shape index (κ3) is 2.13. The van der Waals surface area contributed by atoms with Gasteiger partial charge >= 0.3 is 0 Å². The van der Waals surface area contributed by atoms with Crippen LogP contribution in [0.5, 0.6) is 11.5 Å². The number of nitrogens with one attached hydrogen (secondary N) is 2. The van der Waals surface area contributed by atoms with Gasteiger partial charge in [-0.15, -0.1) is 0 Å². The molecule has 1 amide bonds. The van der Waals surface area contributed by atoms with Crippen molar-refractivity contribution in [2.75, 3.05) is 24.3 Å². The second-order valence-corrected chi connectivity index (χ2v) is 4.45. The maximum absolute atomic E-state index is 12.1. The topological polar surface area (TPSA) is 102 Å². The molecule has 7 nitrogen and oxygen atoms in total. The van der Waals surface area contributed by atoms with Gasteiger partial charge in [-0.1, -0.05) is 0 Å². The lowest BCUT2D eigenvalue weighted by Crippen LogP contribution is -2.17. The Labute approximate surface area is 115 Å². The van der Waals surface area contributed by atoms with Crippen LogP contribution in [0.15, 0.2) is 18.3 Å². The number of amides is 1. The number of aromatic amines is 1. The van der Waals surface area contributed by atoms with Crippen LogP contribution in [0.25, 0.3) is 0 Å². The molecular formula is C13H14N4O3. The fourth-order valence-corrected chi connectivity index (χ4v) is 1.98. The van der Waals surface area contributed by atoms with Crippen LogP contribution in [-0.4, -0.2) is 29.3 Å². The van der Waals surface area contributed by atoms with E-state index in [-0.39, 0.29) is 5.91 Å². The highest BCUT2D eigenvalue weighted by molar-refractivity contribution is 6.06. The standard InChI is InChI=1S/C13H14N4O3/c1-7-8(6-15-17-7)13(18)16-10-5-12-11(4-9(10)14)19-2-3-20-12/h4-6H,2-3,14H2,1H3,(H,15,17)(H,16,18). The van der Waals surface area contributed by atoms with Crippen LogP contribution in [0.4, 0.5) is 11.4 Å². The van der Waals surface area contributed by atoms with Crippen LogP contribution in [0.1, 0.15) is 16.1 Å². The number of carbonyl (C=O) groups excluding carboxylic acids is 1. The number of hydrogen-bond donors (Lipinski definition) is 3. The summed E-state index contributed by atoms with van der Waals surface area (Å²) in [6.45, 7) is 2.74. The number of nitrogens with two attached hydrogens (primary N) is 1. The van der Waals surface area contributed by atoms with Gasteiger partial charge in [0.05, 0.1) is 23.1 Å². The lowest BCUT2D eigenvalue weighted by molar-refractivity contribution is 0.102. The number of nitrogens with zero attached hydrogens (tertiary/aromatic N) is 1. The van der Waals surface area contributed by atoms with Gasteiger partial charge in [0.1, 0.15) is 13.2 Å². The fraction of sp³-hybridized carbons (Fsp3) is 0.231. The van der Waals surface area contributed by atoms with Crippen molar-refractivity contribution in [1.29, 1.82) is 0 Å². The van der Waals surface area contributed by atoms with E-state index in [4.69, 9.17) is 15.2 Å². The largest absolute Gasteiger partial charge is 0.486 e. The summed E-state index contributed by atoms with van der Waals surface area (Å²) >= 11 is 0. The quantitative estimate of drug-likeness (QED) is 0.717. The predicted molar refractivity (Wildman–Crippen MR) is 73.1 cm³/mol. The first-order valence-corrected chi connectivity index (χ1v) is 6.15. The fourth-order valence-electron chi connectivity index (χ4n) is 1.98. The molecule has 0 radical (unpaired) electrons. The molecule has 1 aromatic heterocycles. The summed E-state index contributed by atoms with van der Waals surface area (Å²) in [7, 11) is 0. The number of nitrogen functional groups attached to an aromatic ring is 1. The molecule has 20 heavy (non-hydrogen) atoms. The minimum absolute atomic E-state index is 0.278. The van der Waals surface area contributed by atoms with Gasteiger partial charge in [-0.25, -0.2) is 0 Å². The number of rotatable bonds is 2. The Morgan fingerprint density at radius 3 is 2.70 bits per heavy atom. The van der Waals surface area contributed by atoms with Crippen molar-refractivity contribution in [2.45, 2.75) is 6.92 Å². The molecule has 0 saturated carbocycles. The molecule has 1 aliphatic rings. The molecule has 4 N–H and O–H groups in total. The minimum atomic E-state index is -0.278. The first-order chi connectivity index (χ1) is 9.65. The average Bonchev–Trinajstić information content (AvgIpc) is 2.86. The first-order valence-electron chi connectivity index (χ1n) is 6.15. The zero-order valence-electron chi connectivity index (χ0n) is 10.9. The normalized spacial score (nSPS) is 13.1. The molecule has 0 spiro atoms. The van der Waals surface area contributed by atoms with Gasteiger partial charge in [-0.2, -0.15) is 5.10 Å². The van der Waals surface area contributed by atoms with Crippen molar-refractivity contribution >= 4 is 17.3 Å². The minimum Gasteiger partial charge on any atom is -0.486 e. The van der Waals surface area contributed by atoms with Crippen molar-refractivity contribution in [3.63, 3.8) is 0 Å². The lowest BCUT2D eigenvalue weighted by Gasteiger charge is -2.20. The second-order valence-electron chi connectivity index (χ2n) is 4.45. The highest BCUT2D eigenvalue weighted by atomic mass is 16.6. The maximum Gasteiger partial charge on any atom is 0.259 e. The monoisotopic (exact) mass is 274 g/mol. The van der Waals surface area contributed by atoms with Crippen LogP contribution < -0.4 is 20.5 Å². The van der Waals surface area contributed by atoms with E-state index in [0.29, 0.717) is 47.3 Å². The molecule has 0 fully saturated rings. The predicted octanol–water partition coefficient (Wildman–Crippen LogP) is 1.32. The Morgan fingerprint density at radius 2 is 2.05 bits per heavy atom. The summed E-state index contributed by atoms with van der Waals surface area (Å²) in [6, 6.07) is 3.31. The molecule has 0 saturated heterocycles. The Bertz CT molecular complexity index is 666. The van der Waals surface area contributed by atoms with Gasteiger partial charge in [0.25, 0.3) is 5.91 Å². The number of carbonyl (C=O) groups is 1.